The number of nitrogens with zero attached hydrogens (tertiary/aromatic N) is 1. The van der Waals surface area contributed by atoms with Crippen molar-refractivity contribution in [2.45, 2.75) is 17.1 Å². The van der Waals surface area contributed by atoms with Crippen molar-refractivity contribution in [1.29, 1.82) is 0 Å². The highest BCUT2D eigenvalue weighted by atomic mass is 32.2. The van der Waals surface area contributed by atoms with E-state index in [2.05, 4.69) is 5.32 Å². The Balaban J connectivity index is 1.26. The standard InChI is InChI=1S/C29H24N2O4S/c32-28(24-9-6-7-21(19-24)20-36(34,35)26-10-2-1-3-11-26)30-25-15-13-23(14-16-25)29(33)31-18-17-22-8-4-5-12-27(22)31/h1-16,19H,17-18,20H2,(H,30,32). The normalized spacial score (nSPS) is 12.7. The highest BCUT2D eigenvalue weighted by molar-refractivity contribution is 7.90. The monoisotopic (exact) mass is 496 g/mol. The molecule has 0 atom stereocenters. The van der Waals surface area contributed by atoms with Crippen molar-refractivity contribution >= 4 is 33.0 Å². The largest absolute Gasteiger partial charge is 0.322 e. The fraction of sp³-hybridized carbons (Fsp3) is 0.103. The SMILES string of the molecule is O=C(Nc1ccc(C(=O)N2CCc3ccccc32)cc1)c1cccc(CS(=O)(=O)c2ccccc2)c1. The third-order valence-corrected chi connectivity index (χ3v) is 7.87. The second-order valence-corrected chi connectivity index (χ2v) is 10.6. The molecule has 0 saturated carbocycles. The maximum absolute atomic E-state index is 13.0. The molecule has 0 unspecified atom stereocenters. The fourth-order valence-corrected chi connectivity index (χ4v) is 5.69. The van der Waals surface area contributed by atoms with Crippen LogP contribution in [0.5, 0.6) is 0 Å². The van der Waals surface area contributed by atoms with Crippen LogP contribution in [0.15, 0.2) is 108 Å². The number of carbonyl (C=O) groups is 2. The van der Waals surface area contributed by atoms with Crippen LogP contribution in [0.4, 0.5) is 11.4 Å². The zero-order valence-electron chi connectivity index (χ0n) is 19.4. The molecule has 1 aliphatic rings. The van der Waals surface area contributed by atoms with Crippen LogP contribution >= 0.6 is 0 Å². The molecule has 1 N–H and O–H groups in total. The number of sulfone groups is 1. The van der Waals surface area contributed by atoms with Crippen molar-refractivity contribution in [1.82, 2.24) is 0 Å². The highest BCUT2D eigenvalue weighted by Crippen LogP contribution is 2.29. The van der Waals surface area contributed by atoms with Gasteiger partial charge in [-0.1, -0.05) is 48.5 Å². The lowest BCUT2D eigenvalue weighted by molar-refractivity contribution is 0.0988. The molecule has 0 bridgehead atoms. The first-order valence-electron chi connectivity index (χ1n) is 11.6. The molecule has 1 heterocycles. The number of carbonyl (C=O) groups excluding carboxylic acids is 2. The number of hydrogen-bond acceptors (Lipinski definition) is 4. The zero-order chi connectivity index (χ0) is 25.1. The van der Waals surface area contributed by atoms with E-state index in [-0.39, 0.29) is 22.5 Å². The Labute approximate surface area is 210 Å². The summed E-state index contributed by atoms with van der Waals surface area (Å²) in [6.07, 6.45) is 0.835. The topological polar surface area (TPSA) is 83.6 Å². The Hall–Kier alpha value is -4.23. The molecule has 36 heavy (non-hydrogen) atoms. The molecule has 5 rings (SSSR count). The van der Waals surface area contributed by atoms with E-state index in [4.69, 9.17) is 0 Å². The summed E-state index contributed by atoms with van der Waals surface area (Å²) in [5, 5.41) is 2.82. The molecule has 0 saturated heterocycles. The van der Waals surface area contributed by atoms with Gasteiger partial charge in [-0.05, 0) is 72.1 Å². The molecule has 7 heteroatoms. The first-order chi connectivity index (χ1) is 17.4. The minimum atomic E-state index is -3.52. The molecule has 4 aromatic carbocycles. The Kier molecular flexibility index (Phi) is 6.40. The zero-order valence-corrected chi connectivity index (χ0v) is 20.2. The van der Waals surface area contributed by atoms with Gasteiger partial charge in [-0.15, -0.1) is 0 Å². The number of para-hydroxylation sites is 1. The molecule has 1 aliphatic heterocycles. The average molecular weight is 497 g/mol. The summed E-state index contributed by atoms with van der Waals surface area (Å²) in [5.74, 6) is -0.638. The van der Waals surface area contributed by atoms with Gasteiger partial charge in [0.05, 0.1) is 10.6 Å². The van der Waals surface area contributed by atoms with Gasteiger partial charge >= 0.3 is 0 Å². The van der Waals surface area contributed by atoms with Crippen LogP contribution in [0.1, 0.15) is 31.8 Å². The van der Waals surface area contributed by atoms with E-state index < -0.39 is 9.84 Å². The van der Waals surface area contributed by atoms with Crippen molar-refractivity contribution in [2.24, 2.45) is 0 Å². The number of anilines is 2. The van der Waals surface area contributed by atoms with E-state index in [1.54, 1.807) is 83.8 Å². The van der Waals surface area contributed by atoms with E-state index in [9.17, 15) is 18.0 Å². The Morgan fingerprint density at radius 2 is 1.50 bits per heavy atom. The quantitative estimate of drug-likeness (QED) is 0.402. The molecule has 0 spiro atoms. The second-order valence-electron chi connectivity index (χ2n) is 8.64. The lowest BCUT2D eigenvalue weighted by Crippen LogP contribution is -2.28. The summed E-state index contributed by atoms with van der Waals surface area (Å²) >= 11 is 0. The van der Waals surface area contributed by atoms with E-state index in [1.165, 1.54) is 0 Å². The summed E-state index contributed by atoms with van der Waals surface area (Å²) in [6, 6.07) is 29.5. The number of nitrogens with one attached hydrogen (secondary N) is 1. The molecular weight excluding hydrogens is 472 g/mol. The van der Waals surface area contributed by atoms with Crippen molar-refractivity contribution in [2.75, 3.05) is 16.8 Å². The van der Waals surface area contributed by atoms with Crippen LogP contribution in [-0.2, 0) is 22.0 Å². The molecule has 2 amide bonds. The first kappa shape index (κ1) is 23.5. The van der Waals surface area contributed by atoms with Gasteiger partial charge in [0.25, 0.3) is 11.8 Å². The van der Waals surface area contributed by atoms with Gasteiger partial charge in [0, 0.05) is 29.0 Å². The molecule has 0 radical (unpaired) electrons. The maximum Gasteiger partial charge on any atom is 0.258 e. The first-order valence-corrected chi connectivity index (χ1v) is 13.2. The van der Waals surface area contributed by atoms with E-state index >= 15 is 0 Å². The van der Waals surface area contributed by atoms with Gasteiger partial charge in [-0.3, -0.25) is 9.59 Å². The van der Waals surface area contributed by atoms with Gasteiger partial charge in [0.1, 0.15) is 0 Å². The van der Waals surface area contributed by atoms with Gasteiger partial charge in [-0.2, -0.15) is 0 Å². The average Bonchev–Trinajstić information content (AvgIpc) is 3.33. The van der Waals surface area contributed by atoms with E-state index in [0.717, 1.165) is 17.7 Å². The molecule has 4 aromatic rings. The third kappa shape index (κ3) is 4.92. The van der Waals surface area contributed by atoms with Crippen molar-refractivity contribution < 1.29 is 18.0 Å². The van der Waals surface area contributed by atoms with Crippen LogP contribution in [0.25, 0.3) is 0 Å². The van der Waals surface area contributed by atoms with Crippen LogP contribution in [-0.4, -0.2) is 26.8 Å². The van der Waals surface area contributed by atoms with E-state index in [1.807, 2.05) is 24.3 Å². The fourth-order valence-electron chi connectivity index (χ4n) is 4.34. The van der Waals surface area contributed by atoms with Crippen LogP contribution in [0, 0.1) is 0 Å². The Morgan fingerprint density at radius 3 is 2.28 bits per heavy atom. The number of rotatable bonds is 6. The van der Waals surface area contributed by atoms with Crippen LogP contribution < -0.4 is 10.2 Å². The molecule has 180 valence electrons. The lowest BCUT2D eigenvalue weighted by Gasteiger charge is -2.17. The molecule has 0 aliphatic carbocycles. The minimum Gasteiger partial charge on any atom is -0.322 e. The minimum absolute atomic E-state index is 0.0786. The summed E-state index contributed by atoms with van der Waals surface area (Å²) in [6.45, 7) is 0.646. The third-order valence-electron chi connectivity index (χ3n) is 6.17. The Bertz CT molecular complexity index is 1530. The lowest BCUT2D eigenvalue weighted by atomic mass is 10.1. The van der Waals surface area contributed by atoms with Crippen LogP contribution in [0.3, 0.4) is 0 Å². The van der Waals surface area contributed by atoms with Crippen molar-refractivity contribution in [3.8, 4) is 0 Å². The van der Waals surface area contributed by atoms with Crippen molar-refractivity contribution in [3.63, 3.8) is 0 Å². The summed E-state index contributed by atoms with van der Waals surface area (Å²) in [7, 11) is -3.52. The molecule has 6 nitrogen and oxygen atoms in total. The Morgan fingerprint density at radius 1 is 0.778 bits per heavy atom. The number of amides is 2. The van der Waals surface area contributed by atoms with Crippen LogP contribution in [0.2, 0.25) is 0 Å². The van der Waals surface area contributed by atoms with Gasteiger partial charge in [-0.25, -0.2) is 8.42 Å². The summed E-state index contributed by atoms with van der Waals surface area (Å²) in [5.41, 5.74) is 4.06. The second kappa shape index (κ2) is 9.79. The summed E-state index contributed by atoms with van der Waals surface area (Å²) in [4.78, 5) is 27.9. The van der Waals surface area contributed by atoms with Gasteiger partial charge in [0.15, 0.2) is 9.84 Å². The number of fused-ring (bicyclic) bond motifs is 1. The van der Waals surface area contributed by atoms with Gasteiger partial charge in [0.2, 0.25) is 0 Å². The predicted octanol–water partition coefficient (Wildman–Crippen LogP) is 5.12. The number of hydrogen-bond donors (Lipinski definition) is 1. The number of benzene rings is 4. The maximum atomic E-state index is 13.0. The van der Waals surface area contributed by atoms with Crippen molar-refractivity contribution in [3.05, 3.63) is 125 Å². The molecule has 0 aromatic heterocycles. The summed E-state index contributed by atoms with van der Waals surface area (Å²) < 4.78 is 25.4. The highest BCUT2D eigenvalue weighted by Gasteiger charge is 2.25. The predicted molar refractivity (Wildman–Crippen MR) is 140 cm³/mol. The van der Waals surface area contributed by atoms with Gasteiger partial charge < -0.3 is 10.2 Å². The van der Waals surface area contributed by atoms with E-state index in [0.29, 0.717) is 28.9 Å². The molecular formula is C29H24N2O4S. The molecule has 0 fully saturated rings. The smallest absolute Gasteiger partial charge is 0.258 e.